The van der Waals surface area contributed by atoms with E-state index in [-0.39, 0.29) is 25.7 Å². The molecule has 17 nitrogen and oxygen atoms in total. The zero-order valence-corrected chi connectivity index (χ0v) is 61.3. The minimum atomic E-state index is -4.95. The fourth-order valence-electron chi connectivity index (χ4n) is 10.8. The maximum Gasteiger partial charge on any atom is 0.472 e. The third-order valence-corrected chi connectivity index (χ3v) is 18.8. The van der Waals surface area contributed by atoms with Gasteiger partial charge in [0.1, 0.15) is 19.3 Å². The molecule has 0 spiro atoms. The SMILES string of the molecule is CCC(C)CCCCCCCCC(=O)OC[C@H](COP(=O)(O)OC[C@H](O)COP(=O)(O)OC[C@@H](COC(=O)CCCCCCCCCCCCCC(C)C)OC(=O)CCCCCCCCCCCC(C)C)OC(=O)CCCCCCCCCCCCCCC(C)C. The number of carbonyl (C=O) groups excluding carboxylic acids is 4. The Kier molecular flexibility index (Phi) is 60.3. The van der Waals surface area contributed by atoms with E-state index in [0.717, 1.165) is 120 Å². The van der Waals surface area contributed by atoms with Crippen LogP contribution < -0.4 is 0 Å². The van der Waals surface area contributed by atoms with Gasteiger partial charge in [-0.05, 0) is 49.4 Å². The fraction of sp³-hybridized carbons (Fsp3) is 0.944. The van der Waals surface area contributed by atoms with E-state index in [9.17, 15) is 43.2 Å². The molecule has 0 saturated heterocycles. The molecule has 0 aliphatic rings. The van der Waals surface area contributed by atoms with Crippen LogP contribution in [0.15, 0.2) is 0 Å². The van der Waals surface area contributed by atoms with Crippen LogP contribution in [-0.2, 0) is 65.4 Å². The van der Waals surface area contributed by atoms with E-state index >= 15 is 0 Å². The van der Waals surface area contributed by atoms with Crippen molar-refractivity contribution in [3.63, 3.8) is 0 Å². The second-order valence-corrected chi connectivity index (χ2v) is 30.6. The third kappa shape index (κ3) is 65.1. The van der Waals surface area contributed by atoms with Gasteiger partial charge in [-0.2, -0.15) is 0 Å². The van der Waals surface area contributed by atoms with Gasteiger partial charge >= 0.3 is 39.5 Å². The van der Waals surface area contributed by atoms with Gasteiger partial charge in [-0.15, -0.1) is 0 Å². The van der Waals surface area contributed by atoms with Gasteiger partial charge in [-0.25, -0.2) is 9.13 Å². The van der Waals surface area contributed by atoms with Crippen LogP contribution in [-0.4, -0.2) is 96.7 Å². The van der Waals surface area contributed by atoms with Crippen LogP contribution in [0.2, 0.25) is 0 Å². The monoisotopic (exact) mass is 1340 g/mol. The lowest BCUT2D eigenvalue weighted by molar-refractivity contribution is -0.161. The molecule has 19 heteroatoms. The lowest BCUT2D eigenvalue weighted by Crippen LogP contribution is -2.30. The number of phosphoric ester groups is 2. The number of unbranched alkanes of at least 4 members (excludes halogenated alkanes) is 34. The molecule has 540 valence electrons. The van der Waals surface area contributed by atoms with E-state index in [1.54, 1.807) is 0 Å². The highest BCUT2D eigenvalue weighted by atomic mass is 31.2. The van der Waals surface area contributed by atoms with Crippen LogP contribution in [0, 0.1) is 23.7 Å². The standard InChI is InChI=1S/C72H140O17P2/c1-9-65(8)51-43-35-30-31-37-45-53-70(75)83-59-68(89-71(76)54-46-38-28-22-15-11-10-13-18-24-32-40-48-62(2)3)61-87-91(80,81)85-57-66(73)56-84-90(78,79)86-60-67(88-72(77)55-47-39-29-23-17-20-26-34-42-50-64(6)7)58-82-69(74)52-44-36-27-21-16-12-14-19-25-33-41-49-63(4)5/h62-68,73H,9-61H2,1-8H3,(H,78,79)(H,80,81)/t65?,66-,67-,68-/m1/s1. The van der Waals surface area contributed by atoms with Gasteiger partial charge in [0.25, 0.3) is 0 Å². The average Bonchev–Trinajstić information content (AvgIpc) is 2.83. The van der Waals surface area contributed by atoms with Gasteiger partial charge in [0.15, 0.2) is 12.2 Å². The molecule has 0 saturated carbocycles. The highest BCUT2D eigenvalue weighted by Gasteiger charge is 2.30. The van der Waals surface area contributed by atoms with Crippen molar-refractivity contribution in [3.8, 4) is 0 Å². The first-order chi connectivity index (χ1) is 43.6. The predicted molar refractivity (Wildman–Crippen MR) is 367 cm³/mol. The Morgan fingerprint density at radius 1 is 0.308 bits per heavy atom. The van der Waals surface area contributed by atoms with Crippen molar-refractivity contribution in [2.45, 2.75) is 375 Å². The number of hydrogen-bond donors (Lipinski definition) is 3. The highest BCUT2D eigenvalue weighted by Crippen LogP contribution is 2.45. The number of carbonyl (C=O) groups is 4. The first kappa shape index (κ1) is 89.1. The second kappa shape index (κ2) is 61.6. The van der Waals surface area contributed by atoms with Gasteiger partial charge in [-0.3, -0.25) is 37.3 Å². The lowest BCUT2D eigenvalue weighted by Gasteiger charge is -2.21. The van der Waals surface area contributed by atoms with E-state index in [1.165, 1.54) is 154 Å². The maximum absolute atomic E-state index is 13.0. The molecule has 0 aliphatic heterocycles. The number of aliphatic hydroxyl groups excluding tert-OH is 1. The van der Waals surface area contributed by atoms with Crippen molar-refractivity contribution in [3.05, 3.63) is 0 Å². The van der Waals surface area contributed by atoms with Crippen molar-refractivity contribution in [2.24, 2.45) is 23.7 Å². The Labute approximate surface area is 556 Å². The topological polar surface area (TPSA) is 237 Å². The van der Waals surface area contributed by atoms with Crippen LogP contribution in [0.5, 0.6) is 0 Å². The summed E-state index contributed by atoms with van der Waals surface area (Å²) in [6.45, 7) is 14.1. The molecule has 0 heterocycles. The van der Waals surface area contributed by atoms with Crippen molar-refractivity contribution in [2.75, 3.05) is 39.6 Å². The maximum atomic E-state index is 13.0. The largest absolute Gasteiger partial charge is 0.472 e. The number of aliphatic hydroxyl groups is 1. The van der Waals surface area contributed by atoms with Gasteiger partial charge in [-0.1, -0.05) is 306 Å². The van der Waals surface area contributed by atoms with Gasteiger partial charge < -0.3 is 33.8 Å². The molecule has 0 aromatic heterocycles. The number of esters is 4. The normalized spacial score (nSPS) is 14.5. The third-order valence-electron chi connectivity index (χ3n) is 16.9. The van der Waals surface area contributed by atoms with Crippen LogP contribution in [0.25, 0.3) is 0 Å². The molecular formula is C72H140O17P2. The molecule has 0 aromatic rings. The zero-order valence-electron chi connectivity index (χ0n) is 59.5. The minimum absolute atomic E-state index is 0.105. The summed E-state index contributed by atoms with van der Waals surface area (Å²) in [6, 6.07) is 0. The Balaban J connectivity index is 5.26. The first-order valence-corrected chi connectivity index (χ1v) is 40.2. The molecule has 0 radical (unpaired) electrons. The summed E-state index contributed by atoms with van der Waals surface area (Å²) in [6.07, 6.45) is 44.4. The molecular weight excluding hydrogens is 1200 g/mol. The summed E-state index contributed by atoms with van der Waals surface area (Å²) in [5.41, 5.74) is 0. The smallest absolute Gasteiger partial charge is 0.462 e. The molecule has 6 atom stereocenters. The highest BCUT2D eigenvalue weighted by molar-refractivity contribution is 7.47. The molecule has 0 aliphatic carbocycles. The number of hydrogen-bond acceptors (Lipinski definition) is 15. The summed E-state index contributed by atoms with van der Waals surface area (Å²) in [4.78, 5) is 72.6. The summed E-state index contributed by atoms with van der Waals surface area (Å²) in [5.74, 6) is 0.888. The Bertz CT molecular complexity index is 1800. The number of phosphoric acid groups is 2. The number of rotatable bonds is 69. The molecule has 0 aromatic carbocycles. The van der Waals surface area contributed by atoms with Crippen molar-refractivity contribution in [1.29, 1.82) is 0 Å². The van der Waals surface area contributed by atoms with Crippen molar-refractivity contribution >= 4 is 39.5 Å². The predicted octanol–water partition coefficient (Wildman–Crippen LogP) is 20.5. The van der Waals surface area contributed by atoms with Crippen LogP contribution in [0.3, 0.4) is 0 Å². The van der Waals surface area contributed by atoms with Crippen molar-refractivity contribution < 1.29 is 80.2 Å². The summed E-state index contributed by atoms with van der Waals surface area (Å²) >= 11 is 0. The number of ether oxygens (including phenoxy) is 4. The zero-order chi connectivity index (χ0) is 67.5. The van der Waals surface area contributed by atoms with E-state index in [4.69, 9.17) is 37.0 Å². The molecule has 0 rings (SSSR count). The van der Waals surface area contributed by atoms with Crippen LogP contribution in [0.1, 0.15) is 357 Å². The Morgan fingerprint density at radius 2 is 0.527 bits per heavy atom. The Hall–Kier alpha value is -1.94. The van der Waals surface area contributed by atoms with E-state index in [0.29, 0.717) is 25.7 Å². The Morgan fingerprint density at radius 3 is 0.780 bits per heavy atom. The van der Waals surface area contributed by atoms with Crippen LogP contribution >= 0.6 is 15.6 Å². The van der Waals surface area contributed by atoms with E-state index < -0.39 is 97.5 Å². The first-order valence-electron chi connectivity index (χ1n) is 37.2. The van der Waals surface area contributed by atoms with Gasteiger partial charge in [0.2, 0.25) is 0 Å². The fourth-order valence-corrected chi connectivity index (χ4v) is 12.4. The van der Waals surface area contributed by atoms with Crippen molar-refractivity contribution in [1.82, 2.24) is 0 Å². The molecule has 0 fully saturated rings. The van der Waals surface area contributed by atoms with Gasteiger partial charge in [0.05, 0.1) is 26.4 Å². The van der Waals surface area contributed by atoms with Gasteiger partial charge in [0, 0.05) is 25.7 Å². The second-order valence-electron chi connectivity index (χ2n) is 27.6. The van der Waals surface area contributed by atoms with E-state index in [2.05, 4.69) is 55.4 Å². The minimum Gasteiger partial charge on any atom is -0.462 e. The molecule has 3 N–H and O–H groups in total. The quantitative estimate of drug-likeness (QED) is 0.0222. The van der Waals surface area contributed by atoms with E-state index in [1.807, 2.05) is 0 Å². The lowest BCUT2D eigenvalue weighted by atomic mass is 10.00. The molecule has 3 unspecified atom stereocenters. The molecule has 0 amide bonds. The molecule has 0 bridgehead atoms. The summed E-state index contributed by atoms with van der Waals surface area (Å²) in [7, 11) is -9.91. The average molecular weight is 1340 g/mol. The summed E-state index contributed by atoms with van der Waals surface area (Å²) in [5, 5.41) is 10.6. The van der Waals surface area contributed by atoms with Crippen LogP contribution in [0.4, 0.5) is 0 Å². The molecule has 91 heavy (non-hydrogen) atoms. The summed E-state index contributed by atoms with van der Waals surface area (Å²) < 4.78 is 68.4.